The van der Waals surface area contributed by atoms with E-state index >= 15 is 0 Å². The second-order valence-corrected chi connectivity index (χ2v) is 7.13. The molecular formula is C22H24N2O4. The van der Waals surface area contributed by atoms with Gasteiger partial charge in [0.25, 0.3) is 5.91 Å². The topological polar surface area (TPSA) is 67.9 Å². The normalized spacial score (nSPS) is 14.6. The van der Waals surface area contributed by atoms with Gasteiger partial charge in [-0.15, -0.1) is 0 Å². The number of methoxy groups -OCH3 is 2. The minimum absolute atomic E-state index is 0.0742. The van der Waals surface area contributed by atoms with E-state index in [2.05, 4.69) is 5.32 Å². The van der Waals surface area contributed by atoms with E-state index in [1.807, 2.05) is 35.2 Å². The van der Waals surface area contributed by atoms with Crippen LogP contribution in [0.15, 0.2) is 30.3 Å². The molecule has 6 heteroatoms. The zero-order chi connectivity index (χ0) is 19.7. The molecule has 0 unspecified atom stereocenters. The average molecular weight is 380 g/mol. The standard InChI is InChI=1S/C22H24N2O4/c1-27-18-5-3-14(11-19(18)28-2)7-9-23-22(26)17-12-15-4-6-20(25)24-10-8-16(13-17)21(15)24/h3,5,11-13H,4,6-10H2,1-2H3,(H,23,26). The predicted octanol–water partition coefficient (Wildman–Crippen LogP) is 2.51. The molecule has 0 saturated carbocycles. The number of benzene rings is 2. The van der Waals surface area contributed by atoms with Gasteiger partial charge in [0.1, 0.15) is 0 Å². The molecule has 0 fully saturated rings. The number of ether oxygens (including phenoxy) is 2. The van der Waals surface area contributed by atoms with Crippen LogP contribution in [0.3, 0.4) is 0 Å². The molecule has 2 amide bonds. The summed E-state index contributed by atoms with van der Waals surface area (Å²) in [6, 6.07) is 9.64. The Morgan fingerprint density at radius 2 is 1.79 bits per heavy atom. The van der Waals surface area contributed by atoms with Crippen LogP contribution in [0.25, 0.3) is 0 Å². The summed E-state index contributed by atoms with van der Waals surface area (Å²) >= 11 is 0. The van der Waals surface area contributed by atoms with E-state index in [1.165, 1.54) is 0 Å². The Morgan fingerprint density at radius 3 is 2.54 bits per heavy atom. The van der Waals surface area contributed by atoms with Gasteiger partial charge >= 0.3 is 0 Å². The molecule has 2 aromatic carbocycles. The van der Waals surface area contributed by atoms with Gasteiger partial charge in [0, 0.05) is 25.1 Å². The molecule has 0 atom stereocenters. The number of aryl methyl sites for hydroxylation is 1. The van der Waals surface area contributed by atoms with Crippen molar-refractivity contribution in [1.82, 2.24) is 5.32 Å². The summed E-state index contributed by atoms with van der Waals surface area (Å²) in [6.07, 6.45) is 2.76. The van der Waals surface area contributed by atoms with E-state index in [0.29, 0.717) is 42.9 Å². The van der Waals surface area contributed by atoms with Crippen LogP contribution < -0.4 is 19.7 Å². The highest BCUT2D eigenvalue weighted by atomic mass is 16.5. The van der Waals surface area contributed by atoms with Crippen LogP contribution in [0, 0.1) is 0 Å². The molecule has 6 nitrogen and oxygen atoms in total. The highest BCUT2D eigenvalue weighted by Gasteiger charge is 2.31. The van der Waals surface area contributed by atoms with Gasteiger partial charge < -0.3 is 19.7 Å². The summed E-state index contributed by atoms with van der Waals surface area (Å²) in [5.41, 5.74) is 5.00. The third kappa shape index (κ3) is 3.30. The molecule has 146 valence electrons. The Hall–Kier alpha value is -3.02. The number of rotatable bonds is 6. The monoisotopic (exact) mass is 380 g/mol. The molecule has 1 N–H and O–H groups in total. The highest BCUT2D eigenvalue weighted by molar-refractivity contribution is 6.01. The third-order valence-electron chi connectivity index (χ3n) is 5.46. The van der Waals surface area contributed by atoms with Crippen molar-refractivity contribution in [2.24, 2.45) is 0 Å². The molecule has 2 aromatic rings. The number of anilines is 1. The zero-order valence-corrected chi connectivity index (χ0v) is 16.2. The maximum Gasteiger partial charge on any atom is 0.251 e. The van der Waals surface area contributed by atoms with E-state index in [4.69, 9.17) is 9.47 Å². The second-order valence-electron chi connectivity index (χ2n) is 7.13. The van der Waals surface area contributed by atoms with Gasteiger partial charge in [-0.2, -0.15) is 0 Å². The summed E-state index contributed by atoms with van der Waals surface area (Å²) in [7, 11) is 3.22. The van der Waals surface area contributed by atoms with Gasteiger partial charge in [0.15, 0.2) is 11.5 Å². The molecule has 0 aliphatic carbocycles. The molecule has 2 aliphatic heterocycles. The molecule has 4 rings (SSSR count). The number of amides is 2. The van der Waals surface area contributed by atoms with E-state index in [1.54, 1.807) is 14.2 Å². The average Bonchev–Trinajstić information content (AvgIpc) is 3.15. The molecule has 2 aliphatic rings. The van der Waals surface area contributed by atoms with Crippen LogP contribution in [-0.2, 0) is 24.1 Å². The minimum Gasteiger partial charge on any atom is -0.493 e. The van der Waals surface area contributed by atoms with Crippen molar-refractivity contribution in [3.63, 3.8) is 0 Å². The van der Waals surface area contributed by atoms with Crippen molar-refractivity contribution in [3.8, 4) is 11.5 Å². The molecule has 28 heavy (non-hydrogen) atoms. The van der Waals surface area contributed by atoms with Crippen LogP contribution in [0.4, 0.5) is 5.69 Å². The fourth-order valence-electron chi connectivity index (χ4n) is 4.05. The Kier molecular flexibility index (Phi) is 4.94. The molecule has 0 bridgehead atoms. The van der Waals surface area contributed by atoms with E-state index in [-0.39, 0.29) is 11.8 Å². The summed E-state index contributed by atoms with van der Waals surface area (Å²) in [4.78, 5) is 26.6. The van der Waals surface area contributed by atoms with Crippen molar-refractivity contribution in [3.05, 3.63) is 52.6 Å². The van der Waals surface area contributed by atoms with Gasteiger partial charge in [-0.3, -0.25) is 9.59 Å². The van der Waals surface area contributed by atoms with Crippen LogP contribution in [-0.4, -0.2) is 39.1 Å². The lowest BCUT2D eigenvalue weighted by Gasteiger charge is -2.25. The largest absolute Gasteiger partial charge is 0.493 e. The number of carbonyl (C=O) groups excluding carboxylic acids is 2. The van der Waals surface area contributed by atoms with Gasteiger partial charge in [-0.05, 0) is 60.2 Å². The van der Waals surface area contributed by atoms with Crippen molar-refractivity contribution in [2.45, 2.75) is 25.7 Å². The Balaban J connectivity index is 1.42. The maximum absolute atomic E-state index is 12.7. The fraction of sp³-hybridized carbons (Fsp3) is 0.364. The number of nitrogens with one attached hydrogen (secondary N) is 1. The molecule has 0 spiro atoms. The summed E-state index contributed by atoms with van der Waals surface area (Å²) in [5.74, 6) is 1.49. The Morgan fingerprint density at radius 1 is 1.04 bits per heavy atom. The van der Waals surface area contributed by atoms with Crippen molar-refractivity contribution in [2.75, 3.05) is 32.2 Å². The molecule has 2 heterocycles. The van der Waals surface area contributed by atoms with Gasteiger partial charge in [0.05, 0.1) is 19.9 Å². The second kappa shape index (κ2) is 7.54. The van der Waals surface area contributed by atoms with E-state index < -0.39 is 0 Å². The van der Waals surface area contributed by atoms with Crippen LogP contribution in [0.5, 0.6) is 11.5 Å². The van der Waals surface area contributed by atoms with Crippen LogP contribution in [0.2, 0.25) is 0 Å². The molecule has 0 saturated heterocycles. The SMILES string of the molecule is COc1ccc(CCNC(=O)c2cc3c4c(c2)CCN4C(=O)CC3)cc1OC. The number of hydrogen-bond acceptors (Lipinski definition) is 4. The summed E-state index contributed by atoms with van der Waals surface area (Å²) in [5, 5.41) is 3.00. The first kappa shape index (κ1) is 18.3. The number of hydrogen-bond donors (Lipinski definition) is 1. The van der Waals surface area contributed by atoms with Gasteiger partial charge in [-0.1, -0.05) is 6.07 Å². The molecule has 0 aromatic heterocycles. The highest BCUT2D eigenvalue weighted by Crippen LogP contribution is 2.37. The zero-order valence-electron chi connectivity index (χ0n) is 16.2. The van der Waals surface area contributed by atoms with E-state index in [0.717, 1.165) is 35.3 Å². The third-order valence-corrected chi connectivity index (χ3v) is 5.46. The van der Waals surface area contributed by atoms with Crippen LogP contribution >= 0.6 is 0 Å². The lowest BCUT2D eigenvalue weighted by atomic mass is 9.96. The molecular weight excluding hydrogens is 356 g/mol. The first-order valence-corrected chi connectivity index (χ1v) is 9.56. The number of carbonyl (C=O) groups is 2. The smallest absolute Gasteiger partial charge is 0.251 e. The first-order valence-electron chi connectivity index (χ1n) is 9.56. The first-order chi connectivity index (χ1) is 13.6. The van der Waals surface area contributed by atoms with Gasteiger partial charge in [0.2, 0.25) is 5.91 Å². The number of nitrogens with zero attached hydrogens (tertiary/aromatic N) is 1. The van der Waals surface area contributed by atoms with Crippen molar-refractivity contribution in [1.29, 1.82) is 0 Å². The lowest BCUT2D eigenvalue weighted by molar-refractivity contribution is -0.118. The van der Waals surface area contributed by atoms with Crippen molar-refractivity contribution < 1.29 is 19.1 Å². The quantitative estimate of drug-likeness (QED) is 0.836. The van der Waals surface area contributed by atoms with Gasteiger partial charge in [-0.25, -0.2) is 0 Å². The van der Waals surface area contributed by atoms with E-state index in [9.17, 15) is 9.59 Å². The van der Waals surface area contributed by atoms with Crippen LogP contribution in [0.1, 0.15) is 33.5 Å². The Bertz CT molecular complexity index is 938. The maximum atomic E-state index is 12.7. The Labute approximate surface area is 164 Å². The molecule has 0 radical (unpaired) electrons. The van der Waals surface area contributed by atoms with Crippen molar-refractivity contribution >= 4 is 17.5 Å². The summed E-state index contributed by atoms with van der Waals surface area (Å²) < 4.78 is 10.6. The minimum atomic E-state index is -0.0742. The predicted molar refractivity (Wildman–Crippen MR) is 106 cm³/mol. The summed E-state index contributed by atoms with van der Waals surface area (Å²) in [6.45, 7) is 1.26. The fourth-order valence-corrected chi connectivity index (χ4v) is 4.05. The lowest BCUT2D eigenvalue weighted by Crippen LogP contribution is -2.33.